The van der Waals surface area contributed by atoms with Crippen molar-refractivity contribution in [1.29, 1.82) is 0 Å². The summed E-state index contributed by atoms with van der Waals surface area (Å²) >= 11 is 0. The average Bonchev–Trinajstić information content (AvgIpc) is 3.05. The molecule has 2 aliphatic rings. The average molecular weight is 353 g/mol. The molecule has 136 valence electrons. The maximum Gasteiger partial charge on any atom is 0.337 e. The lowest BCUT2D eigenvalue weighted by molar-refractivity contribution is -0.138. The molecule has 6 heteroatoms. The highest BCUT2D eigenvalue weighted by Crippen LogP contribution is 2.35. The predicted molar refractivity (Wildman–Crippen MR) is 98.1 cm³/mol. The highest BCUT2D eigenvalue weighted by atomic mass is 16.5. The van der Waals surface area contributed by atoms with Crippen molar-refractivity contribution in [1.82, 2.24) is 15.5 Å². The van der Waals surface area contributed by atoms with Gasteiger partial charge in [0.05, 0.1) is 25.3 Å². The number of carbonyl (C=O) groups is 2. The van der Waals surface area contributed by atoms with Gasteiger partial charge in [-0.1, -0.05) is 30.2 Å². The van der Waals surface area contributed by atoms with Crippen LogP contribution in [0.3, 0.4) is 0 Å². The Morgan fingerprint density at radius 2 is 2.23 bits per heavy atom. The third kappa shape index (κ3) is 3.73. The topological polar surface area (TPSA) is 70.7 Å². The Hall–Kier alpha value is -2.78. The van der Waals surface area contributed by atoms with Gasteiger partial charge in [0.15, 0.2) is 0 Å². The number of esters is 1. The van der Waals surface area contributed by atoms with Crippen molar-refractivity contribution in [2.75, 3.05) is 26.2 Å². The standard InChI is InChI=1S/C20H23N3O3/c1-3-11-23(18-10-9-14-7-5-6-8-15(14)18)13-17-16(19(24)26-4-2)12-21-20(25)22-17/h1,5-8,18H,4,9-13H2,2H3,(H2,21,22,25)/t18-/m1/s1. The second-order valence-electron chi connectivity index (χ2n) is 6.35. The van der Waals surface area contributed by atoms with Gasteiger partial charge in [0, 0.05) is 18.3 Å². The van der Waals surface area contributed by atoms with Crippen LogP contribution in [0.2, 0.25) is 0 Å². The Labute approximate surface area is 153 Å². The van der Waals surface area contributed by atoms with Gasteiger partial charge in [0.1, 0.15) is 0 Å². The molecular weight excluding hydrogens is 330 g/mol. The first-order chi connectivity index (χ1) is 12.6. The smallest absolute Gasteiger partial charge is 0.337 e. The molecule has 0 bridgehead atoms. The normalized spacial score (nSPS) is 18.8. The number of aryl methyl sites for hydroxylation is 1. The summed E-state index contributed by atoms with van der Waals surface area (Å²) in [6.07, 6.45) is 7.56. The number of urea groups is 1. The molecule has 2 amide bonds. The van der Waals surface area contributed by atoms with Crippen molar-refractivity contribution < 1.29 is 14.3 Å². The summed E-state index contributed by atoms with van der Waals surface area (Å²) in [5.74, 6) is 2.29. The minimum Gasteiger partial charge on any atom is -0.463 e. The minimum atomic E-state index is -0.414. The van der Waals surface area contributed by atoms with E-state index < -0.39 is 5.97 Å². The molecule has 0 aromatic heterocycles. The lowest BCUT2D eigenvalue weighted by Gasteiger charge is -2.31. The number of hydrogen-bond donors (Lipinski definition) is 2. The van der Waals surface area contributed by atoms with Crippen molar-refractivity contribution in [2.45, 2.75) is 25.8 Å². The highest BCUT2D eigenvalue weighted by molar-refractivity contribution is 5.93. The zero-order valence-electron chi connectivity index (χ0n) is 14.9. The number of hydrogen-bond acceptors (Lipinski definition) is 4. The van der Waals surface area contributed by atoms with E-state index in [4.69, 9.17) is 11.2 Å². The summed E-state index contributed by atoms with van der Waals surface area (Å²) in [5.41, 5.74) is 3.60. The summed E-state index contributed by atoms with van der Waals surface area (Å²) < 4.78 is 5.12. The van der Waals surface area contributed by atoms with Gasteiger partial charge in [-0.3, -0.25) is 4.90 Å². The number of carbonyl (C=O) groups excluding carboxylic acids is 2. The van der Waals surface area contributed by atoms with E-state index in [0.717, 1.165) is 12.8 Å². The van der Waals surface area contributed by atoms with Crippen LogP contribution in [0, 0.1) is 12.3 Å². The van der Waals surface area contributed by atoms with E-state index in [9.17, 15) is 9.59 Å². The first-order valence-electron chi connectivity index (χ1n) is 8.83. The number of nitrogens with zero attached hydrogens (tertiary/aromatic N) is 1. The van der Waals surface area contributed by atoms with Crippen LogP contribution in [0.1, 0.15) is 30.5 Å². The Morgan fingerprint density at radius 3 is 3.00 bits per heavy atom. The van der Waals surface area contributed by atoms with E-state index in [-0.39, 0.29) is 25.2 Å². The molecule has 0 fully saturated rings. The fourth-order valence-electron chi connectivity index (χ4n) is 3.59. The van der Waals surface area contributed by atoms with Crippen LogP contribution in [-0.4, -0.2) is 43.1 Å². The second kappa shape index (κ2) is 8.07. The van der Waals surface area contributed by atoms with E-state index in [1.165, 1.54) is 11.1 Å². The van der Waals surface area contributed by atoms with Crippen LogP contribution in [0.15, 0.2) is 35.5 Å². The molecule has 26 heavy (non-hydrogen) atoms. The maximum atomic E-state index is 12.2. The number of terminal acetylenes is 1. The van der Waals surface area contributed by atoms with Gasteiger partial charge in [0.25, 0.3) is 0 Å². The second-order valence-corrected chi connectivity index (χ2v) is 6.35. The van der Waals surface area contributed by atoms with Crippen LogP contribution in [0.5, 0.6) is 0 Å². The number of rotatable bonds is 6. The summed E-state index contributed by atoms with van der Waals surface area (Å²) in [6.45, 7) is 3.03. The molecule has 0 unspecified atom stereocenters. The molecule has 2 N–H and O–H groups in total. The highest BCUT2D eigenvalue weighted by Gasteiger charge is 2.31. The molecule has 1 heterocycles. The van der Waals surface area contributed by atoms with Gasteiger partial charge in [0.2, 0.25) is 0 Å². The van der Waals surface area contributed by atoms with Gasteiger partial charge >= 0.3 is 12.0 Å². The number of ether oxygens (including phenoxy) is 1. The number of amides is 2. The van der Waals surface area contributed by atoms with Crippen molar-refractivity contribution in [3.63, 3.8) is 0 Å². The molecule has 1 atom stereocenters. The first-order valence-corrected chi connectivity index (χ1v) is 8.83. The van der Waals surface area contributed by atoms with Gasteiger partial charge in [-0.25, -0.2) is 9.59 Å². The maximum absolute atomic E-state index is 12.2. The van der Waals surface area contributed by atoms with Crippen LogP contribution >= 0.6 is 0 Å². The molecular formula is C20H23N3O3. The SMILES string of the molecule is C#CCN(CC1=C(C(=O)OCC)CNC(=O)N1)[C@@H]1CCc2ccccc21. The van der Waals surface area contributed by atoms with Gasteiger partial charge in [-0.05, 0) is 30.9 Å². The Bertz CT molecular complexity index is 779. The molecule has 0 radical (unpaired) electrons. The van der Waals surface area contributed by atoms with Crippen molar-refractivity contribution in [3.05, 3.63) is 46.7 Å². The Balaban J connectivity index is 1.88. The van der Waals surface area contributed by atoms with E-state index in [1.54, 1.807) is 6.92 Å². The van der Waals surface area contributed by atoms with Gasteiger partial charge < -0.3 is 15.4 Å². The summed E-state index contributed by atoms with van der Waals surface area (Å²) in [4.78, 5) is 26.2. The number of benzene rings is 1. The molecule has 0 spiro atoms. The third-order valence-electron chi connectivity index (χ3n) is 4.77. The zero-order chi connectivity index (χ0) is 18.5. The van der Waals surface area contributed by atoms with Crippen LogP contribution in [-0.2, 0) is 16.0 Å². The number of fused-ring (bicyclic) bond motifs is 1. The number of nitrogens with one attached hydrogen (secondary N) is 2. The van der Waals surface area contributed by atoms with Crippen LogP contribution < -0.4 is 10.6 Å². The van der Waals surface area contributed by atoms with Gasteiger partial charge in [-0.2, -0.15) is 0 Å². The molecule has 0 saturated heterocycles. The van der Waals surface area contributed by atoms with E-state index >= 15 is 0 Å². The fourth-order valence-corrected chi connectivity index (χ4v) is 3.59. The minimum absolute atomic E-state index is 0.158. The summed E-state index contributed by atoms with van der Waals surface area (Å²) in [6, 6.07) is 8.18. The van der Waals surface area contributed by atoms with Crippen LogP contribution in [0.4, 0.5) is 4.79 Å². The zero-order valence-corrected chi connectivity index (χ0v) is 14.9. The molecule has 1 aliphatic carbocycles. The van der Waals surface area contributed by atoms with E-state index in [2.05, 4.69) is 33.6 Å². The quantitative estimate of drug-likeness (QED) is 0.604. The molecule has 1 aromatic rings. The van der Waals surface area contributed by atoms with E-state index in [1.807, 2.05) is 12.1 Å². The Kier molecular flexibility index (Phi) is 5.59. The van der Waals surface area contributed by atoms with Crippen molar-refractivity contribution >= 4 is 12.0 Å². The first kappa shape index (κ1) is 18.0. The summed E-state index contributed by atoms with van der Waals surface area (Å²) in [7, 11) is 0. The van der Waals surface area contributed by atoms with Crippen molar-refractivity contribution in [2.24, 2.45) is 0 Å². The largest absolute Gasteiger partial charge is 0.463 e. The van der Waals surface area contributed by atoms with Gasteiger partial charge in [-0.15, -0.1) is 6.42 Å². The molecule has 1 aromatic carbocycles. The lowest BCUT2D eigenvalue weighted by Crippen LogP contribution is -2.47. The third-order valence-corrected chi connectivity index (χ3v) is 4.77. The molecule has 0 saturated carbocycles. The lowest BCUT2D eigenvalue weighted by atomic mass is 10.1. The molecule has 6 nitrogen and oxygen atoms in total. The molecule has 1 aliphatic heterocycles. The predicted octanol–water partition coefficient (Wildman–Crippen LogP) is 1.74. The van der Waals surface area contributed by atoms with Crippen molar-refractivity contribution in [3.8, 4) is 12.3 Å². The fraction of sp³-hybridized carbons (Fsp3) is 0.400. The monoisotopic (exact) mass is 353 g/mol. The summed E-state index contributed by atoms with van der Waals surface area (Å²) in [5, 5.41) is 5.38. The van der Waals surface area contributed by atoms with Crippen LogP contribution in [0.25, 0.3) is 0 Å². The van der Waals surface area contributed by atoms with E-state index in [0.29, 0.717) is 24.4 Å². The molecule has 3 rings (SSSR count). The Morgan fingerprint density at radius 1 is 1.42 bits per heavy atom.